The van der Waals surface area contributed by atoms with Crippen LogP contribution in [0.25, 0.3) is 11.1 Å². The molecule has 0 heterocycles. The highest BCUT2D eigenvalue weighted by Gasteiger charge is 2.42. The molecule has 0 aliphatic carbocycles. The first kappa shape index (κ1) is 19.1. The summed E-state index contributed by atoms with van der Waals surface area (Å²) in [4.78, 5) is 36.6. The van der Waals surface area contributed by atoms with E-state index in [0.717, 1.165) is 16.7 Å². The number of hydrogen-bond donors (Lipinski definition) is 4. The lowest BCUT2D eigenvalue weighted by atomic mass is 9.96. The Hall–Kier alpha value is -1.26. The fourth-order valence-corrected chi connectivity index (χ4v) is 5.25. The molecule has 0 amide bonds. The van der Waals surface area contributed by atoms with E-state index in [2.05, 4.69) is 0 Å². The van der Waals surface area contributed by atoms with Gasteiger partial charge < -0.3 is 19.6 Å². The van der Waals surface area contributed by atoms with Crippen molar-refractivity contribution in [1.82, 2.24) is 0 Å². The van der Waals surface area contributed by atoms with E-state index >= 15 is 0 Å². The third-order valence-corrected chi connectivity index (χ3v) is 7.66. The number of rotatable bonds is 7. The zero-order valence-electron chi connectivity index (χ0n) is 12.9. The minimum Gasteiger partial charge on any atom is -0.324 e. The van der Waals surface area contributed by atoms with Crippen LogP contribution in [0, 0.1) is 0 Å². The molecule has 0 saturated carbocycles. The number of aryl methyl sites for hydroxylation is 1. The molecule has 0 spiro atoms. The Labute approximate surface area is 140 Å². The van der Waals surface area contributed by atoms with E-state index < -0.39 is 20.6 Å². The van der Waals surface area contributed by atoms with Crippen LogP contribution in [0.1, 0.15) is 18.4 Å². The van der Waals surface area contributed by atoms with Crippen molar-refractivity contribution in [2.24, 2.45) is 0 Å². The smallest absolute Gasteiger partial charge is 0.324 e. The molecule has 2 rings (SSSR count). The van der Waals surface area contributed by atoms with Crippen molar-refractivity contribution in [3.63, 3.8) is 0 Å². The Morgan fingerprint density at radius 3 is 1.92 bits per heavy atom. The second-order valence-corrected chi connectivity index (χ2v) is 9.58. The van der Waals surface area contributed by atoms with E-state index in [1.165, 1.54) is 0 Å². The van der Waals surface area contributed by atoms with Gasteiger partial charge in [0.25, 0.3) is 0 Å². The third-order valence-electron chi connectivity index (χ3n) is 3.79. The lowest BCUT2D eigenvalue weighted by molar-refractivity contribution is 0.334. The molecule has 0 radical (unpaired) electrons. The molecule has 6 nitrogen and oxygen atoms in total. The summed E-state index contributed by atoms with van der Waals surface area (Å²) in [6.07, 6.45) is 0.504. The lowest BCUT2D eigenvalue weighted by Crippen LogP contribution is -2.09. The highest BCUT2D eigenvalue weighted by molar-refractivity contribution is 7.70. The summed E-state index contributed by atoms with van der Waals surface area (Å²) in [6.45, 7) is 0. The fourth-order valence-electron chi connectivity index (χ4n) is 2.65. The molecule has 0 bridgehead atoms. The zero-order valence-corrected chi connectivity index (χ0v) is 14.7. The van der Waals surface area contributed by atoms with Crippen LogP contribution in [0.15, 0.2) is 54.6 Å². The Balaban J connectivity index is 2.13. The van der Waals surface area contributed by atoms with Gasteiger partial charge in [-0.05, 0) is 36.0 Å². The molecule has 0 aliphatic rings. The van der Waals surface area contributed by atoms with Gasteiger partial charge in [-0.15, -0.1) is 0 Å². The molecular formula is C16H20O6P2. The quantitative estimate of drug-likeness (QED) is 0.556. The largest absolute Gasteiger partial charge is 0.340 e. The van der Waals surface area contributed by atoms with Gasteiger partial charge in [-0.1, -0.05) is 54.6 Å². The van der Waals surface area contributed by atoms with Crippen molar-refractivity contribution in [3.8, 4) is 11.1 Å². The minimum atomic E-state index is -4.85. The van der Waals surface area contributed by atoms with Gasteiger partial charge in [0, 0.05) is 0 Å². The van der Waals surface area contributed by atoms with Crippen LogP contribution >= 0.6 is 15.2 Å². The molecule has 0 atom stereocenters. The van der Waals surface area contributed by atoms with Crippen molar-refractivity contribution < 1.29 is 28.7 Å². The van der Waals surface area contributed by atoms with E-state index in [0.29, 0.717) is 6.42 Å². The lowest BCUT2D eigenvalue weighted by Gasteiger charge is -2.19. The molecular weight excluding hydrogens is 350 g/mol. The second-order valence-electron chi connectivity index (χ2n) is 5.57. The Morgan fingerprint density at radius 2 is 1.33 bits per heavy atom. The van der Waals surface area contributed by atoms with E-state index in [1.807, 2.05) is 54.6 Å². The van der Waals surface area contributed by atoms with Crippen LogP contribution in [0.4, 0.5) is 0 Å². The maximum absolute atomic E-state index is 11.3. The van der Waals surface area contributed by atoms with Crippen molar-refractivity contribution in [2.75, 3.05) is 0 Å². The SMILES string of the molecule is O=P(O)(O)C(CCCc1ccccc1-c1ccccc1)P(=O)(O)O. The molecule has 0 aliphatic heterocycles. The summed E-state index contributed by atoms with van der Waals surface area (Å²) in [5, 5.41) is -1.94. The predicted molar refractivity (Wildman–Crippen MR) is 92.7 cm³/mol. The monoisotopic (exact) mass is 370 g/mol. The summed E-state index contributed by atoms with van der Waals surface area (Å²) in [5.74, 6) is 0. The van der Waals surface area contributed by atoms with Crippen LogP contribution in [0.3, 0.4) is 0 Å². The highest BCUT2D eigenvalue weighted by Crippen LogP contribution is 2.61. The minimum absolute atomic E-state index is 0.238. The maximum Gasteiger partial charge on any atom is 0.340 e. The molecule has 24 heavy (non-hydrogen) atoms. The summed E-state index contributed by atoms with van der Waals surface area (Å²) in [6, 6.07) is 17.3. The first-order chi connectivity index (χ1) is 11.2. The molecule has 0 saturated heterocycles. The topological polar surface area (TPSA) is 115 Å². The van der Waals surface area contributed by atoms with Gasteiger partial charge in [0.05, 0.1) is 0 Å². The number of benzene rings is 2. The van der Waals surface area contributed by atoms with Gasteiger partial charge >= 0.3 is 15.2 Å². The van der Waals surface area contributed by atoms with Crippen LogP contribution in [-0.4, -0.2) is 25.0 Å². The Morgan fingerprint density at radius 1 is 0.792 bits per heavy atom. The number of hydrogen-bond acceptors (Lipinski definition) is 2. The molecule has 0 unspecified atom stereocenters. The second kappa shape index (κ2) is 7.75. The summed E-state index contributed by atoms with van der Waals surface area (Å²) in [5.41, 5.74) is 3.00. The van der Waals surface area contributed by atoms with Gasteiger partial charge in [-0.3, -0.25) is 9.13 Å². The van der Waals surface area contributed by atoms with Gasteiger partial charge in [0.1, 0.15) is 0 Å². The summed E-state index contributed by atoms with van der Waals surface area (Å²) < 4.78 is 22.6. The van der Waals surface area contributed by atoms with E-state index in [4.69, 9.17) is 19.6 Å². The molecule has 0 aromatic heterocycles. The molecule has 2 aromatic carbocycles. The Kier molecular flexibility index (Phi) is 6.16. The average molecular weight is 370 g/mol. The van der Waals surface area contributed by atoms with Gasteiger partial charge in [-0.25, -0.2) is 0 Å². The van der Waals surface area contributed by atoms with Gasteiger partial charge in [0.15, 0.2) is 5.40 Å². The van der Waals surface area contributed by atoms with Crippen LogP contribution in [0.5, 0.6) is 0 Å². The summed E-state index contributed by atoms with van der Waals surface area (Å²) in [7, 11) is -9.70. The van der Waals surface area contributed by atoms with Crippen molar-refractivity contribution >= 4 is 15.2 Å². The first-order valence-electron chi connectivity index (χ1n) is 7.43. The molecule has 8 heteroatoms. The summed E-state index contributed by atoms with van der Waals surface area (Å²) >= 11 is 0. The van der Waals surface area contributed by atoms with E-state index in [1.54, 1.807) is 0 Å². The zero-order chi connectivity index (χ0) is 17.8. The first-order valence-corrected chi connectivity index (χ1v) is 10.8. The highest BCUT2D eigenvalue weighted by atomic mass is 31.2. The van der Waals surface area contributed by atoms with Crippen molar-refractivity contribution in [1.29, 1.82) is 0 Å². The Bertz CT molecular complexity index is 743. The molecule has 130 valence electrons. The van der Waals surface area contributed by atoms with E-state index in [9.17, 15) is 9.13 Å². The standard InChI is InChI=1S/C16H20O6P2/c17-23(18,19)16(24(20,21)22)12-6-10-14-9-4-5-11-15(14)13-7-2-1-3-8-13/h1-5,7-9,11,16H,6,10,12H2,(H2,17,18,19)(H2,20,21,22). The van der Waals surface area contributed by atoms with Crippen LogP contribution in [0.2, 0.25) is 0 Å². The molecule has 0 fully saturated rings. The molecule has 4 N–H and O–H groups in total. The van der Waals surface area contributed by atoms with E-state index in [-0.39, 0.29) is 12.8 Å². The maximum atomic E-state index is 11.3. The van der Waals surface area contributed by atoms with Gasteiger partial charge in [-0.2, -0.15) is 0 Å². The fraction of sp³-hybridized carbons (Fsp3) is 0.250. The van der Waals surface area contributed by atoms with Crippen LogP contribution in [-0.2, 0) is 15.6 Å². The van der Waals surface area contributed by atoms with Crippen molar-refractivity contribution in [2.45, 2.75) is 24.7 Å². The van der Waals surface area contributed by atoms with Crippen LogP contribution < -0.4 is 0 Å². The molecule has 2 aromatic rings. The predicted octanol–water partition coefficient (Wildman–Crippen LogP) is 3.36. The third kappa shape index (κ3) is 5.12. The normalized spacial score (nSPS) is 12.5. The average Bonchev–Trinajstić information content (AvgIpc) is 2.50. The van der Waals surface area contributed by atoms with Gasteiger partial charge in [0.2, 0.25) is 0 Å². The van der Waals surface area contributed by atoms with Crippen molar-refractivity contribution in [3.05, 3.63) is 60.2 Å².